The minimum atomic E-state index is -1.16. The van der Waals surface area contributed by atoms with Crippen LogP contribution in [0, 0.1) is 0 Å². The Balaban J connectivity index is 2.11. The predicted octanol–water partition coefficient (Wildman–Crippen LogP) is 2.64. The van der Waals surface area contributed by atoms with Gasteiger partial charge in [0.05, 0.1) is 17.8 Å². The van der Waals surface area contributed by atoms with E-state index in [4.69, 9.17) is 21.1 Å². The van der Waals surface area contributed by atoms with Crippen molar-refractivity contribution in [2.24, 2.45) is 0 Å². The second kappa shape index (κ2) is 4.88. The van der Waals surface area contributed by atoms with Gasteiger partial charge in [0.15, 0.2) is 5.69 Å². The molecular formula is C11H9ClN2O3. The summed E-state index contributed by atoms with van der Waals surface area (Å²) in [7, 11) is 0. The van der Waals surface area contributed by atoms with E-state index in [9.17, 15) is 4.79 Å². The standard InChI is InChI=1S/C11H9ClN2O3/c12-8-3-4-9(14-10(8)11(15)16)13-6-7-2-1-5-17-7/h1-5H,6H2,(H,13,14)(H,15,16). The van der Waals surface area contributed by atoms with Gasteiger partial charge >= 0.3 is 5.97 Å². The van der Waals surface area contributed by atoms with Gasteiger partial charge in [-0.1, -0.05) is 11.6 Å². The molecule has 2 rings (SSSR count). The molecule has 0 saturated carbocycles. The fourth-order valence-electron chi connectivity index (χ4n) is 1.28. The molecule has 0 fully saturated rings. The normalized spacial score (nSPS) is 10.2. The average Bonchev–Trinajstić information content (AvgIpc) is 2.80. The van der Waals surface area contributed by atoms with Crippen LogP contribution in [0.5, 0.6) is 0 Å². The van der Waals surface area contributed by atoms with Gasteiger partial charge in [-0.3, -0.25) is 0 Å². The topological polar surface area (TPSA) is 75.4 Å². The summed E-state index contributed by atoms with van der Waals surface area (Å²) in [5.41, 5.74) is -0.170. The molecule has 5 nitrogen and oxygen atoms in total. The molecule has 0 atom stereocenters. The van der Waals surface area contributed by atoms with Crippen molar-refractivity contribution >= 4 is 23.4 Å². The number of aromatic nitrogens is 1. The number of aromatic carboxylic acids is 1. The van der Waals surface area contributed by atoms with Crippen molar-refractivity contribution in [1.29, 1.82) is 0 Å². The first kappa shape index (κ1) is 11.5. The van der Waals surface area contributed by atoms with Gasteiger partial charge in [-0.2, -0.15) is 0 Å². The first-order valence-electron chi connectivity index (χ1n) is 4.83. The Morgan fingerprint density at radius 1 is 1.47 bits per heavy atom. The Hall–Kier alpha value is -2.01. The molecule has 2 aromatic rings. The number of furan rings is 1. The Morgan fingerprint density at radius 3 is 2.94 bits per heavy atom. The Kier molecular flexibility index (Phi) is 3.30. The van der Waals surface area contributed by atoms with E-state index in [1.54, 1.807) is 24.5 Å². The number of hydrogen-bond acceptors (Lipinski definition) is 4. The largest absolute Gasteiger partial charge is 0.476 e. The molecule has 0 spiro atoms. The van der Waals surface area contributed by atoms with Crippen LogP contribution in [-0.2, 0) is 6.54 Å². The lowest BCUT2D eigenvalue weighted by Gasteiger charge is -2.05. The fraction of sp³-hybridized carbons (Fsp3) is 0.0909. The number of nitrogens with one attached hydrogen (secondary N) is 1. The zero-order chi connectivity index (χ0) is 12.3. The van der Waals surface area contributed by atoms with Crippen molar-refractivity contribution in [2.45, 2.75) is 6.54 Å². The molecule has 0 aliphatic rings. The lowest BCUT2D eigenvalue weighted by atomic mass is 10.3. The third kappa shape index (κ3) is 2.76. The highest BCUT2D eigenvalue weighted by Crippen LogP contribution is 2.17. The molecule has 17 heavy (non-hydrogen) atoms. The SMILES string of the molecule is O=C(O)c1nc(NCc2ccco2)ccc1Cl. The van der Waals surface area contributed by atoms with E-state index in [0.717, 1.165) is 5.76 Å². The molecule has 88 valence electrons. The molecule has 0 unspecified atom stereocenters. The van der Waals surface area contributed by atoms with E-state index < -0.39 is 5.97 Å². The van der Waals surface area contributed by atoms with E-state index in [2.05, 4.69) is 10.3 Å². The van der Waals surface area contributed by atoms with Crippen LogP contribution in [0.2, 0.25) is 5.02 Å². The third-order valence-electron chi connectivity index (χ3n) is 2.07. The molecule has 2 aromatic heterocycles. The van der Waals surface area contributed by atoms with Crippen molar-refractivity contribution in [2.75, 3.05) is 5.32 Å². The van der Waals surface area contributed by atoms with Crippen molar-refractivity contribution in [3.05, 3.63) is 47.0 Å². The van der Waals surface area contributed by atoms with E-state index in [-0.39, 0.29) is 10.7 Å². The highest BCUT2D eigenvalue weighted by Gasteiger charge is 2.11. The van der Waals surface area contributed by atoms with Gasteiger partial charge in [-0.15, -0.1) is 0 Å². The summed E-state index contributed by atoms with van der Waals surface area (Å²) in [4.78, 5) is 14.7. The van der Waals surface area contributed by atoms with Gasteiger partial charge in [0.25, 0.3) is 0 Å². The number of anilines is 1. The van der Waals surface area contributed by atoms with Gasteiger partial charge in [0.2, 0.25) is 0 Å². The van der Waals surface area contributed by atoms with E-state index in [1.165, 1.54) is 6.07 Å². The molecule has 2 N–H and O–H groups in total. The number of halogens is 1. The first-order valence-corrected chi connectivity index (χ1v) is 5.20. The number of nitrogens with zero attached hydrogens (tertiary/aromatic N) is 1. The minimum absolute atomic E-state index is 0.112. The number of carbonyl (C=O) groups is 1. The van der Waals surface area contributed by atoms with Crippen LogP contribution < -0.4 is 5.32 Å². The lowest BCUT2D eigenvalue weighted by molar-refractivity contribution is 0.0691. The van der Waals surface area contributed by atoms with Crippen molar-refractivity contribution in [3.63, 3.8) is 0 Å². The van der Waals surface area contributed by atoms with Crippen LogP contribution in [0.25, 0.3) is 0 Å². The van der Waals surface area contributed by atoms with E-state index in [0.29, 0.717) is 12.4 Å². The lowest BCUT2D eigenvalue weighted by Crippen LogP contribution is -2.06. The van der Waals surface area contributed by atoms with Crippen molar-refractivity contribution in [3.8, 4) is 0 Å². The van der Waals surface area contributed by atoms with Crippen LogP contribution >= 0.6 is 11.6 Å². The summed E-state index contributed by atoms with van der Waals surface area (Å²) in [6.07, 6.45) is 1.56. The highest BCUT2D eigenvalue weighted by atomic mass is 35.5. The second-order valence-corrected chi connectivity index (χ2v) is 3.67. The summed E-state index contributed by atoms with van der Waals surface area (Å²) in [5.74, 6) is 0.0125. The van der Waals surface area contributed by atoms with Gasteiger partial charge in [0, 0.05) is 0 Å². The maximum Gasteiger partial charge on any atom is 0.356 e. The summed E-state index contributed by atoms with van der Waals surface area (Å²) in [6.45, 7) is 0.431. The fourth-order valence-corrected chi connectivity index (χ4v) is 1.47. The molecule has 0 radical (unpaired) electrons. The molecule has 0 bridgehead atoms. The van der Waals surface area contributed by atoms with Crippen LogP contribution in [0.4, 0.5) is 5.82 Å². The molecular weight excluding hydrogens is 244 g/mol. The second-order valence-electron chi connectivity index (χ2n) is 3.26. The van der Waals surface area contributed by atoms with Crippen LogP contribution in [0.15, 0.2) is 34.9 Å². The quantitative estimate of drug-likeness (QED) is 0.875. The Bertz CT molecular complexity index is 526. The zero-order valence-electron chi connectivity index (χ0n) is 8.68. The number of pyridine rings is 1. The Morgan fingerprint density at radius 2 is 2.29 bits per heavy atom. The minimum Gasteiger partial charge on any atom is -0.476 e. The summed E-state index contributed by atoms with van der Waals surface area (Å²) in [6, 6.07) is 6.68. The molecule has 0 aliphatic heterocycles. The van der Waals surface area contributed by atoms with Crippen molar-refractivity contribution in [1.82, 2.24) is 4.98 Å². The third-order valence-corrected chi connectivity index (χ3v) is 2.38. The molecule has 0 aliphatic carbocycles. The molecule has 6 heteroatoms. The monoisotopic (exact) mass is 252 g/mol. The predicted molar refractivity (Wildman–Crippen MR) is 62.2 cm³/mol. The first-order chi connectivity index (χ1) is 8.16. The number of carboxylic acid groups (broad SMARTS) is 1. The Labute approximate surface area is 102 Å². The van der Waals surface area contributed by atoms with Crippen LogP contribution in [0.1, 0.15) is 16.2 Å². The molecule has 2 heterocycles. The number of rotatable bonds is 4. The van der Waals surface area contributed by atoms with Gasteiger partial charge in [-0.05, 0) is 24.3 Å². The smallest absolute Gasteiger partial charge is 0.356 e. The van der Waals surface area contributed by atoms with E-state index >= 15 is 0 Å². The number of carboxylic acids is 1. The summed E-state index contributed by atoms with van der Waals surface area (Å²) < 4.78 is 5.12. The van der Waals surface area contributed by atoms with E-state index in [1.807, 2.05) is 0 Å². The molecule has 0 aromatic carbocycles. The summed E-state index contributed by atoms with van der Waals surface area (Å²) in [5, 5.41) is 11.9. The maximum absolute atomic E-state index is 10.8. The summed E-state index contributed by atoms with van der Waals surface area (Å²) >= 11 is 5.70. The van der Waals surface area contributed by atoms with Crippen LogP contribution in [0.3, 0.4) is 0 Å². The van der Waals surface area contributed by atoms with Crippen molar-refractivity contribution < 1.29 is 14.3 Å². The molecule has 0 saturated heterocycles. The number of hydrogen-bond donors (Lipinski definition) is 2. The highest BCUT2D eigenvalue weighted by molar-refractivity contribution is 6.33. The van der Waals surface area contributed by atoms with Gasteiger partial charge in [0.1, 0.15) is 11.6 Å². The zero-order valence-corrected chi connectivity index (χ0v) is 9.44. The maximum atomic E-state index is 10.8. The molecule has 0 amide bonds. The van der Waals surface area contributed by atoms with Gasteiger partial charge < -0.3 is 14.8 Å². The van der Waals surface area contributed by atoms with Gasteiger partial charge in [-0.25, -0.2) is 9.78 Å². The van der Waals surface area contributed by atoms with Crippen LogP contribution in [-0.4, -0.2) is 16.1 Å². The average molecular weight is 253 g/mol.